The minimum Gasteiger partial charge on any atom is -0.351 e. The van der Waals surface area contributed by atoms with E-state index in [-0.39, 0.29) is 23.6 Å². The van der Waals surface area contributed by atoms with E-state index in [4.69, 9.17) is 4.52 Å². The van der Waals surface area contributed by atoms with E-state index in [0.29, 0.717) is 17.8 Å². The molecule has 2 amide bonds. The lowest BCUT2D eigenvalue weighted by molar-refractivity contribution is 0.0912. The first-order valence-electron chi connectivity index (χ1n) is 7.61. The Kier molecular flexibility index (Phi) is 5.51. The average Bonchev–Trinajstić information content (AvgIpc) is 2.99. The number of rotatable bonds is 6. The van der Waals surface area contributed by atoms with Gasteiger partial charge in [0.15, 0.2) is 0 Å². The van der Waals surface area contributed by atoms with E-state index in [9.17, 15) is 9.59 Å². The van der Waals surface area contributed by atoms with Crippen LogP contribution in [0.25, 0.3) is 0 Å². The number of nitrogens with zero attached hydrogens (tertiary/aromatic N) is 1. The summed E-state index contributed by atoms with van der Waals surface area (Å²) in [5.74, 6) is -0.272. The number of aromatic nitrogens is 1. The molecule has 0 saturated heterocycles. The highest BCUT2D eigenvalue weighted by atomic mass is 16.5. The van der Waals surface area contributed by atoms with Crippen molar-refractivity contribution >= 4 is 11.8 Å². The summed E-state index contributed by atoms with van der Waals surface area (Å²) in [4.78, 5) is 24.0. The lowest BCUT2D eigenvalue weighted by Gasteiger charge is -2.12. The molecular formula is C17H21N3O3. The van der Waals surface area contributed by atoms with Gasteiger partial charge in [-0.1, -0.05) is 24.2 Å². The fourth-order valence-electron chi connectivity index (χ4n) is 1.97. The maximum Gasteiger partial charge on any atom is 0.290 e. The summed E-state index contributed by atoms with van der Waals surface area (Å²) in [5.41, 5.74) is 2.07. The molecule has 1 unspecified atom stereocenters. The number of amides is 2. The van der Waals surface area contributed by atoms with Crippen molar-refractivity contribution in [1.29, 1.82) is 0 Å². The fourth-order valence-corrected chi connectivity index (χ4v) is 1.97. The highest BCUT2D eigenvalue weighted by molar-refractivity contribution is 5.94. The summed E-state index contributed by atoms with van der Waals surface area (Å²) in [6.45, 7) is 6.03. The Morgan fingerprint density at radius 3 is 2.70 bits per heavy atom. The summed E-state index contributed by atoms with van der Waals surface area (Å²) >= 11 is 0. The SMILES string of the molecule is CCC(C)NC(=O)c1cccc(CNC(=O)c2cc(C)no2)c1. The number of hydrogen-bond donors (Lipinski definition) is 2. The van der Waals surface area contributed by atoms with Crippen LogP contribution in [0.1, 0.15) is 52.4 Å². The summed E-state index contributed by atoms with van der Waals surface area (Å²) in [5, 5.41) is 9.34. The highest BCUT2D eigenvalue weighted by Crippen LogP contribution is 2.07. The molecule has 0 fully saturated rings. The predicted octanol–water partition coefficient (Wildman–Crippen LogP) is 2.44. The average molecular weight is 315 g/mol. The van der Waals surface area contributed by atoms with Crippen molar-refractivity contribution < 1.29 is 14.1 Å². The number of carbonyl (C=O) groups excluding carboxylic acids is 2. The van der Waals surface area contributed by atoms with Gasteiger partial charge in [-0.25, -0.2) is 0 Å². The summed E-state index contributed by atoms with van der Waals surface area (Å²) in [6.07, 6.45) is 0.873. The molecule has 1 atom stereocenters. The molecule has 0 aliphatic heterocycles. The van der Waals surface area contributed by atoms with Crippen LogP contribution in [-0.2, 0) is 6.54 Å². The first kappa shape index (κ1) is 16.7. The Morgan fingerprint density at radius 1 is 1.26 bits per heavy atom. The maximum absolute atomic E-state index is 12.1. The minimum atomic E-state index is -0.333. The van der Waals surface area contributed by atoms with Gasteiger partial charge in [0, 0.05) is 24.2 Å². The van der Waals surface area contributed by atoms with Crippen LogP contribution in [0.3, 0.4) is 0 Å². The van der Waals surface area contributed by atoms with Crippen LogP contribution in [0.2, 0.25) is 0 Å². The molecule has 6 heteroatoms. The molecule has 0 bridgehead atoms. The van der Waals surface area contributed by atoms with E-state index in [1.54, 1.807) is 31.2 Å². The monoisotopic (exact) mass is 315 g/mol. The normalized spacial score (nSPS) is 11.8. The van der Waals surface area contributed by atoms with Crippen LogP contribution in [-0.4, -0.2) is 23.0 Å². The van der Waals surface area contributed by atoms with Crippen molar-refractivity contribution in [2.75, 3.05) is 0 Å². The Labute approximate surface area is 135 Å². The predicted molar refractivity (Wildman–Crippen MR) is 86.1 cm³/mol. The molecule has 0 aliphatic rings. The van der Waals surface area contributed by atoms with Crippen molar-refractivity contribution in [3.05, 3.63) is 52.9 Å². The van der Waals surface area contributed by atoms with Gasteiger partial charge < -0.3 is 15.2 Å². The molecule has 0 spiro atoms. The topological polar surface area (TPSA) is 84.2 Å². The van der Waals surface area contributed by atoms with Gasteiger partial charge in [0.2, 0.25) is 5.76 Å². The van der Waals surface area contributed by atoms with E-state index < -0.39 is 0 Å². The quantitative estimate of drug-likeness (QED) is 0.857. The summed E-state index contributed by atoms with van der Waals surface area (Å²) in [6, 6.07) is 8.87. The summed E-state index contributed by atoms with van der Waals surface area (Å²) in [7, 11) is 0. The standard InChI is InChI=1S/C17H21N3O3/c1-4-11(2)19-16(21)14-7-5-6-13(9-14)10-18-17(22)15-8-12(3)20-23-15/h5-9,11H,4,10H2,1-3H3,(H,18,22)(H,19,21). The Bertz CT molecular complexity index is 694. The first-order valence-corrected chi connectivity index (χ1v) is 7.61. The van der Waals surface area contributed by atoms with E-state index in [2.05, 4.69) is 15.8 Å². The first-order chi connectivity index (χ1) is 11.0. The van der Waals surface area contributed by atoms with Gasteiger partial charge in [-0.05, 0) is 38.0 Å². The van der Waals surface area contributed by atoms with Crippen LogP contribution in [0, 0.1) is 6.92 Å². The second-order valence-electron chi connectivity index (χ2n) is 5.50. The maximum atomic E-state index is 12.1. The Morgan fingerprint density at radius 2 is 2.04 bits per heavy atom. The molecule has 122 valence electrons. The lowest BCUT2D eigenvalue weighted by Crippen LogP contribution is -2.32. The molecule has 1 heterocycles. The molecule has 0 saturated carbocycles. The van der Waals surface area contributed by atoms with E-state index in [1.165, 1.54) is 0 Å². The largest absolute Gasteiger partial charge is 0.351 e. The third kappa shape index (κ3) is 4.67. The minimum absolute atomic E-state index is 0.113. The van der Waals surface area contributed by atoms with Crippen LogP contribution < -0.4 is 10.6 Å². The fraction of sp³-hybridized carbons (Fsp3) is 0.353. The molecule has 1 aromatic carbocycles. The molecular weight excluding hydrogens is 294 g/mol. The number of aryl methyl sites for hydroxylation is 1. The summed E-state index contributed by atoms with van der Waals surface area (Å²) < 4.78 is 4.91. The van der Waals surface area contributed by atoms with Crippen molar-refractivity contribution in [2.45, 2.75) is 39.8 Å². The number of carbonyl (C=O) groups is 2. The smallest absolute Gasteiger partial charge is 0.290 e. The van der Waals surface area contributed by atoms with Gasteiger partial charge in [0.1, 0.15) is 0 Å². The van der Waals surface area contributed by atoms with Gasteiger partial charge in [-0.15, -0.1) is 0 Å². The van der Waals surface area contributed by atoms with Crippen LogP contribution in [0.4, 0.5) is 0 Å². The van der Waals surface area contributed by atoms with Crippen molar-refractivity contribution in [2.24, 2.45) is 0 Å². The van der Waals surface area contributed by atoms with Crippen molar-refractivity contribution in [3.63, 3.8) is 0 Å². The molecule has 0 aliphatic carbocycles. The molecule has 2 N–H and O–H groups in total. The third-order valence-electron chi connectivity index (χ3n) is 3.48. The van der Waals surface area contributed by atoms with Gasteiger partial charge in [-0.2, -0.15) is 0 Å². The molecule has 2 aromatic rings. The zero-order valence-electron chi connectivity index (χ0n) is 13.6. The van der Waals surface area contributed by atoms with E-state index in [0.717, 1.165) is 12.0 Å². The Balaban J connectivity index is 1.97. The molecule has 2 rings (SSSR count). The van der Waals surface area contributed by atoms with Crippen LogP contribution in [0.5, 0.6) is 0 Å². The Hall–Kier alpha value is -2.63. The van der Waals surface area contributed by atoms with Crippen molar-refractivity contribution in [3.8, 4) is 0 Å². The van der Waals surface area contributed by atoms with E-state index in [1.807, 2.05) is 19.9 Å². The van der Waals surface area contributed by atoms with Crippen molar-refractivity contribution in [1.82, 2.24) is 15.8 Å². The molecule has 0 radical (unpaired) electrons. The highest BCUT2D eigenvalue weighted by Gasteiger charge is 2.12. The van der Waals surface area contributed by atoms with Crippen LogP contribution in [0.15, 0.2) is 34.9 Å². The van der Waals surface area contributed by atoms with Gasteiger partial charge in [0.05, 0.1) is 5.69 Å². The molecule has 23 heavy (non-hydrogen) atoms. The lowest BCUT2D eigenvalue weighted by atomic mass is 10.1. The third-order valence-corrected chi connectivity index (χ3v) is 3.48. The second-order valence-corrected chi connectivity index (χ2v) is 5.50. The number of hydrogen-bond acceptors (Lipinski definition) is 4. The zero-order chi connectivity index (χ0) is 16.8. The molecule has 6 nitrogen and oxygen atoms in total. The van der Waals surface area contributed by atoms with Crippen LogP contribution >= 0.6 is 0 Å². The van der Waals surface area contributed by atoms with Gasteiger partial charge in [0.25, 0.3) is 11.8 Å². The second kappa shape index (κ2) is 7.58. The zero-order valence-corrected chi connectivity index (χ0v) is 13.6. The van der Waals surface area contributed by atoms with Gasteiger partial charge >= 0.3 is 0 Å². The number of benzene rings is 1. The van der Waals surface area contributed by atoms with Gasteiger partial charge in [-0.3, -0.25) is 9.59 Å². The number of nitrogens with one attached hydrogen (secondary N) is 2. The molecule has 1 aromatic heterocycles. The van der Waals surface area contributed by atoms with E-state index >= 15 is 0 Å².